The van der Waals surface area contributed by atoms with Gasteiger partial charge in [-0.3, -0.25) is 9.78 Å². The Morgan fingerprint density at radius 2 is 2.32 bits per heavy atom. The summed E-state index contributed by atoms with van der Waals surface area (Å²) >= 11 is 0. The van der Waals surface area contributed by atoms with E-state index in [1.165, 1.54) is 0 Å². The van der Waals surface area contributed by atoms with E-state index in [4.69, 9.17) is 4.74 Å². The summed E-state index contributed by atoms with van der Waals surface area (Å²) in [6.07, 6.45) is 7.06. The lowest BCUT2D eigenvalue weighted by Crippen LogP contribution is -2.35. The average molecular weight is 262 g/mol. The van der Waals surface area contributed by atoms with Crippen LogP contribution < -0.4 is 5.32 Å². The van der Waals surface area contributed by atoms with E-state index in [1.54, 1.807) is 6.20 Å². The molecular formula is C15H22N2O2. The second kappa shape index (κ2) is 7.24. The third-order valence-electron chi connectivity index (χ3n) is 3.57. The van der Waals surface area contributed by atoms with Crippen molar-refractivity contribution < 1.29 is 9.53 Å². The van der Waals surface area contributed by atoms with E-state index in [-0.39, 0.29) is 11.9 Å². The van der Waals surface area contributed by atoms with Gasteiger partial charge >= 0.3 is 0 Å². The van der Waals surface area contributed by atoms with Crippen molar-refractivity contribution in [3.8, 4) is 0 Å². The maximum atomic E-state index is 11.9. The van der Waals surface area contributed by atoms with Crippen LogP contribution in [-0.2, 0) is 9.53 Å². The van der Waals surface area contributed by atoms with Gasteiger partial charge < -0.3 is 10.1 Å². The maximum absolute atomic E-state index is 11.9. The van der Waals surface area contributed by atoms with Gasteiger partial charge in [-0.15, -0.1) is 0 Å². The van der Waals surface area contributed by atoms with E-state index >= 15 is 0 Å². The Labute approximate surface area is 114 Å². The highest BCUT2D eigenvalue weighted by atomic mass is 16.5. The van der Waals surface area contributed by atoms with Crippen molar-refractivity contribution in [3.63, 3.8) is 0 Å². The molecule has 1 saturated heterocycles. The van der Waals surface area contributed by atoms with Gasteiger partial charge in [0.05, 0.1) is 6.04 Å². The molecule has 1 atom stereocenters. The van der Waals surface area contributed by atoms with Crippen LogP contribution in [0.3, 0.4) is 0 Å². The Balaban J connectivity index is 2.10. The summed E-state index contributed by atoms with van der Waals surface area (Å²) in [5.41, 5.74) is 1.10. The molecule has 2 rings (SSSR count). The van der Waals surface area contributed by atoms with Gasteiger partial charge in [0.15, 0.2) is 0 Å². The standard InChI is InChI=1S/C15H22N2O2/c1-2-4-14(18)17-15(12-6-9-19-10-7-12)13-5-3-8-16-11-13/h3,5,8,11-12,15H,2,4,6-7,9-10H2,1H3,(H,17,18). The molecule has 0 radical (unpaired) electrons. The minimum absolute atomic E-state index is 0.0663. The van der Waals surface area contributed by atoms with Crippen LogP contribution in [0.2, 0.25) is 0 Å². The molecule has 104 valence electrons. The number of aromatic nitrogens is 1. The van der Waals surface area contributed by atoms with Crippen molar-refractivity contribution in [3.05, 3.63) is 30.1 Å². The summed E-state index contributed by atoms with van der Waals surface area (Å²) in [6.45, 7) is 3.59. The van der Waals surface area contributed by atoms with E-state index in [0.29, 0.717) is 12.3 Å². The van der Waals surface area contributed by atoms with E-state index in [9.17, 15) is 4.79 Å². The first-order chi connectivity index (χ1) is 9.31. The fourth-order valence-corrected chi connectivity index (χ4v) is 2.56. The summed E-state index contributed by atoms with van der Waals surface area (Å²) in [5.74, 6) is 0.571. The van der Waals surface area contributed by atoms with Gasteiger partial charge in [0.2, 0.25) is 5.91 Å². The lowest BCUT2D eigenvalue weighted by molar-refractivity contribution is -0.122. The zero-order valence-electron chi connectivity index (χ0n) is 11.5. The molecule has 1 unspecified atom stereocenters. The van der Waals surface area contributed by atoms with Gasteiger partial charge in [0.1, 0.15) is 0 Å². The van der Waals surface area contributed by atoms with Crippen LogP contribution in [0.5, 0.6) is 0 Å². The van der Waals surface area contributed by atoms with Crippen LogP contribution in [0.1, 0.15) is 44.2 Å². The van der Waals surface area contributed by atoms with Gasteiger partial charge in [0.25, 0.3) is 0 Å². The Morgan fingerprint density at radius 1 is 1.53 bits per heavy atom. The quantitative estimate of drug-likeness (QED) is 0.887. The molecule has 1 N–H and O–H groups in total. The van der Waals surface area contributed by atoms with Crippen molar-refractivity contribution in [2.24, 2.45) is 5.92 Å². The molecule has 0 bridgehead atoms. The second-order valence-electron chi connectivity index (χ2n) is 5.03. The van der Waals surface area contributed by atoms with Crippen molar-refractivity contribution in [2.45, 2.75) is 38.6 Å². The summed E-state index contributed by atoms with van der Waals surface area (Å²) < 4.78 is 5.41. The maximum Gasteiger partial charge on any atom is 0.220 e. The lowest BCUT2D eigenvalue weighted by Gasteiger charge is -2.31. The molecule has 1 aromatic rings. The zero-order chi connectivity index (χ0) is 13.5. The van der Waals surface area contributed by atoms with Crippen LogP contribution in [0.25, 0.3) is 0 Å². The molecule has 1 aliphatic rings. The van der Waals surface area contributed by atoms with Crippen LogP contribution >= 0.6 is 0 Å². The second-order valence-corrected chi connectivity index (χ2v) is 5.03. The predicted octanol–water partition coefficient (Wildman–Crippen LogP) is 2.47. The van der Waals surface area contributed by atoms with Gasteiger partial charge in [-0.05, 0) is 36.8 Å². The molecule has 0 aromatic carbocycles. The van der Waals surface area contributed by atoms with E-state index in [2.05, 4.69) is 10.3 Å². The summed E-state index contributed by atoms with van der Waals surface area (Å²) in [4.78, 5) is 16.1. The molecule has 4 heteroatoms. The minimum atomic E-state index is 0.0663. The predicted molar refractivity (Wildman–Crippen MR) is 73.6 cm³/mol. The Hall–Kier alpha value is -1.42. The molecule has 1 aliphatic heterocycles. The molecule has 0 saturated carbocycles. The number of ether oxygens (including phenoxy) is 1. The molecule has 0 spiro atoms. The van der Waals surface area contributed by atoms with E-state index in [1.807, 2.05) is 25.3 Å². The number of amides is 1. The number of rotatable bonds is 5. The van der Waals surface area contributed by atoms with E-state index in [0.717, 1.165) is 38.0 Å². The fraction of sp³-hybridized carbons (Fsp3) is 0.600. The molecular weight excluding hydrogens is 240 g/mol. The smallest absolute Gasteiger partial charge is 0.220 e. The van der Waals surface area contributed by atoms with E-state index < -0.39 is 0 Å². The highest BCUT2D eigenvalue weighted by molar-refractivity contribution is 5.76. The van der Waals surface area contributed by atoms with Crippen LogP contribution in [-0.4, -0.2) is 24.1 Å². The van der Waals surface area contributed by atoms with Gasteiger partial charge in [-0.25, -0.2) is 0 Å². The number of nitrogens with one attached hydrogen (secondary N) is 1. The summed E-state index contributed by atoms with van der Waals surface area (Å²) in [6, 6.07) is 4.03. The Kier molecular flexibility index (Phi) is 5.33. The minimum Gasteiger partial charge on any atom is -0.381 e. The SMILES string of the molecule is CCCC(=O)NC(c1cccnc1)C1CCOCC1. The zero-order valence-corrected chi connectivity index (χ0v) is 11.5. The lowest BCUT2D eigenvalue weighted by atomic mass is 9.87. The van der Waals surface area contributed by atoms with Gasteiger partial charge in [-0.2, -0.15) is 0 Å². The molecule has 2 heterocycles. The highest BCUT2D eigenvalue weighted by Crippen LogP contribution is 2.29. The number of nitrogens with zero attached hydrogens (tertiary/aromatic N) is 1. The first-order valence-corrected chi connectivity index (χ1v) is 7.08. The molecule has 4 nitrogen and oxygen atoms in total. The summed E-state index contributed by atoms with van der Waals surface area (Å²) in [7, 11) is 0. The molecule has 1 aromatic heterocycles. The Bertz CT molecular complexity index is 388. The summed E-state index contributed by atoms with van der Waals surface area (Å²) in [5, 5.41) is 3.17. The first-order valence-electron chi connectivity index (χ1n) is 7.08. The number of hydrogen-bond donors (Lipinski definition) is 1. The van der Waals surface area contributed by atoms with Crippen LogP contribution in [0.15, 0.2) is 24.5 Å². The molecule has 1 amide bonds. The number of pyridine rings is 1. The third kappa shape index (κ3) is 4.03. The largest absolute Gasteiger partial charge is 0.381 e. The number of hydrogen-bond acceptors (Lipinski definition) is 3. The normalized spacial score (nSPS) is 17.9. The van der Waals surface area contributed by atoms with Gasteiger partial charge in [-0.1, -0.05) is 13.0 Å². The topological polar surface area (TPSA) is 51.2 Å². The van der Waals surface area contributed by atoms with Gasteiger partial charge in [0, 0.05) is 32.0 Å². The monoisotopic (exact) mass is 262 g/mol. The number of carbonyl (C=O) groups excluding carboxylic acids is 1. The molecule has 19 heavy (non-hydrogen) atoms. The highest BCUT2D eigenvalue weighted by Gasteiger charge is 2.26. The van der Waals surface area contributed by atoms with Crippen molar-refractivity contribution in [1.82, 2.24) is 10.3 Å². The first kappa shape index (κ1) is 14.0. The van der Waals surface area contributed by atoms with Crippen LogP contribution in [0, 0.1) is 5.92 Å². The molecule has 0 aliphatic carbocycles. The van der Waals surface area contributed by atoms with Crippen molar-refractivity contribution >= 4 is 5.91 Å². The third-order valence-corrected chi connectivity index (χ3v) is 3.57. The number of carbonyl (C=O) groups is 1. The molecule has 1 fully saturated rings. The van der Waals surface area contributed by atoms with Crippen LogP contribution in [0.4, 0.5) is 0 Å². The average Bonchev–Trinajstić information content (AvgIpc) is 2.47. The van der Waals surface area contributed by atoms with Crippen molar-refractivity contribution in [2.75, 3.05) is 13.2 Å². The Morgan fingerprint density at radius 3 is 2.95 bits per heavy atom. The van der Waals surface area contributed by atoms with Crippen molar-refractivity contribution in [1.29, 1.82) is 0 Å². The fourth-order valence-electron chi connectivity index (χ4n) is 2.56.